The second-order valence-electron chi connectivity index (χ2n) is 10.3. The summed E-state index contributed by atoms with van der Waals surface area (Å²) >= 11 is 0. The molecule has 0 aliphatic carbocycles. The number of aromatic nitrogens is 8. The van der Waals surface area contributed by atoms with E-state index >= 15 is 0 Å². The van der Waals surface area contributed by atoms with Gasteiger partial charge in [-0.05, 0) is 59.7 Å². The van der Waals surface area contributed by atoms with Gasteiger partial charge >= 0.3 is 6.01 Å². The van der Waals surface area contributed by atoms with E-state index in [0.717, 1.165) is 6.26 Å². The van der Waals surface area contributed by atoms with Crippen LogP contribution in [0.4, 0.5) is 8.78 Å². The smallest absolute Gasteiger partial charge is 0.322 e. The van der Waals surface area contributed by atoms with Crippen molar-refractivity contribution in [2.24, 2.45) is 0 Å². The summed E-state index contributed by atoms with van der Waals surface area (Å²) in [5, 5.41) is 10.1. The third-order valence-electron chi connectivity index (χ3n) is 6.89. The highest BCUT2D eigenvalue weighted by atomic mass is 32.2. The van der Waals surface area contributed by atoms with Gasteiger partial charge in [0.05, 0.1) is 33.9 Å². The topological polar surface area (TPSA) is 192 Å². The van der Waals surface area contributed by atoms with Gasteiger partial charge < -0.3 is 4.74 Å². The van der Waals surface area contributed by atoms with Gasteiger partial charge in [0.2, 0.25) is 15.0 Å². The average molecular weight is 683 g/mol. The molecule has 0 atom stereocenters. The Hall–Kier alpha value is -6.55. The van der Waals surface area contributed by atoms with Gasteiger partial charge in [-0.15, -0.1) is 0 Å². The van der Waals surface area contributed by atoms with Gasteiger partial charge in [-0.25, -0.2) is 32.2 Å². The molecule has 3 aromatic carbocycles. The molecule has 0 amide bonds. The zero-order valence-electron chi connectivity index (χ0n) is 25.3. The lowest BCUT2D eigenvalue weighted by molar-refractivity contribution is 0.442. The molecule has 49 heavy (non-hydrogen) atoms. The lowest BCUT2D eigenvalue weighted by Crippen LogP contribution is -2.05. The molecule has 7 rings (SSSR count). The third-order valence-corrected chi connectivity index (χ3v) is 7.75. The highest BCUT2D eigenvalue weighted by molar-refractivity contribution is 7.90. The maximum Gasteiger partial charge on any atom is 0.322 e. The van der Waals surface area contributed by atoms with Gasteiger partial charge in [0.1, 0.15) is 17.4 Å². The van der Waals surface area contributed by atoms with Crippen molar-refractivity contribution in [3.05, 3.63) is 136 Å². The summed E-state index contributed by atoms with van der Waals surface area (Å²) in [5.41, 5.74) is 2.40. The minimum atomic E-state index is -3.58. The first-order chi connectivity index (χ1) is 23.6. The standard InChI is InChI=1S/C19H13FN4O2.C14H11FN4O3S/c20-13-8-6-12(7-9-13)16-17(23-24-18(16)25)15-10-11-21-19(22-15)26-14-4-2-1-3-5-14;1-23(21,22)14-16-7-6-10(17-14)12-11(13(20)19-18-12)8-2-4-9(15)5-3-8/h1-11H,(H2,23,24,25);2-7H,1H3,(H2,18,19,20). The van der Waals surface area contributed by atoms with Crippen LogP contribution in [-0.4, -0.2) is 55.0 Å². The minimum absolute atomic E-state index is 0.154. The quantitative estimate of drug-likeness (QED) is 0.165. The molecule has 0 saturated heterocycles. The van der Waals surface area contributed by atoms with Gasteiger partial charge in [0, 0.05) is 18.6 Å². The summed E-state index contributed by atoms with van der Waals surface area (Å²) in [6.45, 7) is 0. The van der Waals surface area contributed by atoms with E-state index in [2.05, 4.69) is 40.3 Å². The number of ether oxygens (including phenoxy) is 1. The molecule has 4 heterocycles. The van der Waals surface area contributed by atoms with Gasteiger partial charge in [-0.1, -0.05) is 42.5 Å². The Balaban J connectivity index is 0.000000171. The molecule has 0 bridgehead atoms. The number of H-pyrrole nitrogens is 4. The monoisotopic (exact) mass is 682 g/mol. The lowest BCUT2D eigenvalue weighted by Gasteiger charge is -2.06. The van der Waals surface area contributed by atoms with Crippen LogP contribution in [0.1, 0.15) is 0 Å². The summed E-state index contributed by atoms with van der Waals surface area (Å²) in [6.07, 6.45) is 3.83. The van der Waals surface area contributed by atoms with Crippen LogP contribution in [0.3, 0.4) is 0 Å². The largest absolute Gasteiger partial charge is 0.424 e. The first-order valence-corrected chi connectivity index (χ1v) is 16.2. The second kappa shape index (κ2) is 13.7. The van der Waals surface area contributed by atoms with Gasteiger partial charge in [0.25, 0.3) is 11.1 Å². The Kier molecular flexibility index (Phi) is 9.03. The van der Waals surface area contributed by atoms with Crippen LogP contribution in [0.5, 0.6) is 11.8 Å². The number of hydrogen-bond acceptors (Lipinski definition) is 9. The van der Waals surface area contributed by atoms with Crippen molar-refractivity contribution < 1.29 is 21.9 Å². The molecule has 0 radical (unpaired) electrons. The van der Waals surface area contributed by atoms with Crippen molar-refractivity contribution in [1.29, 1.82) is 0 Å². The number of halogens is 2. The number of hydrogen-bond donors (Lipinski definition) is 4. The van der Waals surface area contributed by atoms with Crippen LogP contribution in [-0.2, 0) is 9.84 Å². The van der Waals surface area contributed by atoms with Gasteiger partial charge in [-0.3, -0.25) is 30.0 Å². The highest BCUT2D eigenvalue weighted by Crippen LogP contribution is 2.28. The Labute approximate surface area is 275 Å². The molecule has 4 aromatic heterocycles. The number of para-hydroxylation sites is 1. The van der Waals surface area contributed by atoms with E-state index in [1.807, 2.05) is 18.2 Å². The van der Waals surface area contributed by atoms with Crippen LogP contribution in [0, 0.1) is 11.6 Å². The number of nitrogens with one attached hydrogen (secondary N) is 4. The number of sulfone groups is 1. The van der Waals surface area contributed by atoms with E-state index in [4.69, 9.17) is 4.74 Å². The van der Waals surface area contributed by atoms with Gasteiger partial charge in [-0.2, -0.15) is 4.98 Å². The van der Waals surface area contributed by atoms with E-state index in [-0.39, 0.29) is 33.8 Å². The van der Waals surface area contributed by atoms with Crippen molar-refractivity contribution in [3.63, 3.8) is 0 Å². The van der Waals surface area contributed by atoms with Crippen molar-refractivity contribution in [1.82, 2.24) is 40.3 Å². The molecule has 0 aliphatic heterocycles. The van der Waals surface area contributed by atoms with Crippen molar-refractivity contribution in [3.8, 4) is 56.8 Å². The fourth-order valence-corrected chi connectivity index (χ4v) is 5.18. The maximum atomic E-state index is 13.2. The molecule has 0 spiro atoms. The molecule has 0 fully saturated rings. The molecule has 0 saturated carbocycles. The summed E-state index contributed by atoms with van der Waals surface area (Å²) in [5.74, 6) is -0.197. The molecule has 4 N–H and O–H groups in total. The second-order valence-corrected chi connectivity index (χ2v) is 12.2. The number of rotatable bonds is 7. The molecule has 13 nitrogen and oxygen atoms in total. The van der Waals surface area contributed by atoms with Crippen LogP contribution in [0.15, 0.2) is 118 Å². The molecule has 0 aliphatic rings. The van der Waals surface area contributed by atoms with E-state index in [0.29, 0.717) is 39.5 Å². The third kappa shape index (κ3) is 7.39. The van der Waals surface area contributed by atoms with Crippen LogP contribution < -0.4 is 15.9 Å². The Morgan fingerprint density at radius 3 is 1.61 bits per heavy atom. The van der Waals surface area contributed by atoms with Crippen LogP contribution in [0.2, 0.25) is 0 Å². The number of benzene rings is 3. The first kappa shape index (κ1) is 32.4. The predicted octanol–water partition coefficient (Wildman–Crippen LogP) is 5.13. The van der Waals surface area contributed by atoms with E-state index in [9.17, 15) is 26.8 Å². The Morgan fingerprint density at radius 1 is 0.612 bits per heavy atom. The number of nitrogens with zero attached hydrogens (tertiary/aromatic N) is 4. The highest BCUT2D eigenvalue weighted by Gasteiger charge is 2.19. The van der Waals surface area contributed by atoms with Crippen molar-refractivity contribution >= 4 is 9.84 Å². The van der Waals surface area contributed by atoms with Gasteiger partial charge in [0.15, 0.2) is 0 Å². The molecule has 16 heteroatoms. The van der Waals surface area contributed by atoms with Crippen molar-refractivity contribution in [2.45, 2.75) is 5.16 Å². The zero-order valence-corrected chi connectivity index (χ0v) is 26.1. The molecular weight excluding hydrogens is 658 g/mol. The van der Waals surface area contributed by atoms with Crippen molar-refractivity contribution in [2.75, 3.05) is 6.26 Å². The Morgan fingerprint density at radius 2 is 1.10 bits per heavy atom. The predicted molar refractivity (Wildman–Crippen MR) is 175 cm³/mol. The minimum Gasteiger partial charge on any atom is -0.424 e. The van der Waals surface area contributed by atoms with Crippen LogP contribution >= 0.6 is 0 Å². The number of aromatic amines is 4. The van der Waals surface area contributed by atoms with E-state index in [1.165, 1.54) is 48.7 Å². The van der Waals surface area contributed by atoms with E-state index in [1.54, 1.807) is 36.5 Å². The Bertz CT molecular complexity index is 2460. The maximum absolute atomic E-state index is 13.2. The lowest BCUT2D eigenvalue weighted by atomic mass is 10.0. The fraction of sp³-hybridized carbons (Fsp3) is 0.0303. The molecule has 0 unspecified atom stereocenters. The normalized spacial score (nSPS) is 11.1. The van der Waals surface area contributed by atoms with Crippen LogP contribution in [0.25, 0.3) is 45.0 Å². The SMILES string of the molecule is CS(=O)(=O)c1nccc(-c2[nH][nH]c(=O)c2-c2ccc(F)cc2)n1.O=c1[nH][nH]c(-c2ccnc(Oc3ccccc3)n2)c1-c1ccc(F)cc1. The summed E-state index contributed by atoms with van der Waals surface area (Å²) in [7, 11) is -3.58. The average Bonchev–Trinajstić information content (AvgIpc) is 3.68. The zero-order chi connectivity index (χ0) is 34.5. The summed E-state index contributed by atoms with van der Waals surface area (Å²) in [6, 6.07) is 23.5. The molecule has 7 aromatic rings. The molecular formula is C33H24F2N8O5S. The summed E-state index contributed by atoms with van der Waals surface area (Å²) < 4.78 is 55.0. The fourth-order valence-electron chi connectivity index (χ4n) is 4.67. The summed E-state index contributed by atoms with van der Waals surface area (Å²) in [4.78, 5) is 40.4. The van der Waals surface area contributed by atoms with E-state index < -0.39 is 21.2 Å². The first-order valence-electron chi connectivity index (χ1n) is 14.3. The molecule has 246 valence electrons.